The van der Waals surface area contributed by atoms with Crippen LogP contribution in [0.15, 0.2) is 81.6 Å². The molecule has 2 aromatic heterocycles. The van der Waals surface area contributed by atoms with E-state index in [9.17, 15) is 19.2 Å². The van der Waals surface area contributed by atoms with Gasteiger partial charge in [0.05, 0.1) is 0 Å². The first-order chi connectivity index (χ1) is 30.8. The highest BCUT2D eigenvalue weighted by atomic mass is 32.2. The number of thioether (sulfide) groups is 4. The molecule has 342 valence electrons. The lowest BCUT2D eigenvalue weighted by atomic mass is 9.95. The van der Waals surface area contributed by atoms with Crippen molar-refractivity contribution in [2.75, 3.05) is 25.6 Å². The van der Waals surface area contributed by atoms with Crippen LogP contribution in [0.1, 0.15) is 64.5 Å². The lowest BCUT2D eigenvalue weighted by Crippen LogP contribution is -2.52. The summed E-state index contributed by atoms with van der Waals surface area (Å²) in [5, 5.41) is 5.10. The van der Waals surface area contributed by atoms with Gasteiger partial charge in [-0.15, -0.1) is 47.0 Å². The monoisotopic (exact) mass is 944 g/mol. The molecular formula is C48H60N6O6S4. The maximum absolute atomic E-state index is 14.2. The second-order valence-electron chi connectivity index (χ2n) is 16.9. The van der Waals surface area contributed by atoms with Crippen molar-refractivity contribution in [2.24, 2.45) is 11.5 Å². The lowest BCUT2D eigenvalue weighted by molar-refractivity contribution is -0.134. The fraction of sp³-hybridized carbons (Fsp3) is 0.458. The minimum Gasteiger partial charge on any atom is -0.456 e. The minimum atomic E-state index is -0.755. The molecule has 2 aliphatic heterocycles. The van der Waals surface area contributed by atoms with Gasteiger partial charge in [-0.25, -0.2) is 0 Å². The Morgan fingerprint density at radius 2 is 1.00 bits per heavy atom. The smallest absolute Gasteiger partial charge is 0.255 e. The van der Waals surface area contributed by atoms with E-state index in [2.05, 4.69) is 47.0 Å². The summed E-state index contributed by atoms with van der Waals surface area (Å²) >= 11 is 5.35. The SMILES string of the molecule is CSC(N)C(=O)N[C@@H](SC(C)C)C(=O)N1CCCC1Cc1c(-c2ccc(-c3oc4ccccc4c3CC3CCCN3C(=O)[C@@H](NC(=O)C(N)SC)SC(C)C)cc2)oc2ccccc12. The van der Waals surface area contributed by atoms with E-state index >= 15 is 0 Å². The van der Waals surface area contributed by atoms with Crippen molar-refractivity contribution in [3.05, 3.63) is 83.9 Å². The molecule has 6 atom stereocenters. The van der Waals surface area contributed by atoms with Gasteiger partial charge < -0.3 is 40.7 Å². The molecule has 4 amide bonds. The van der Waals surface area contributed by atoms with Gasteiger partial charge in [-0.05, 0) is 63.2 Å². The number of hydrogen-bond acceptors (Lipinski definition) is 12. The molecule has 4 unspecified atom stereocenters. The summed E-state index contributed by atoms with van der Waals surface area (Å²) in [4.78, 5) is 58.1. The second kappa shape index (κ2) is 21.5. The third-order valence-electron chi connectivity index (χ3n) is 11.8. The van der Waals surface area contributed by atoms with E-state index in [1.165, 1.54) is 47.0 Å². The van der Waals surface area contributed by atoms with E-state index in [4.69, 9.17) is 20.3 Å². The number of carbonyl (C=O) groups is 4. The first-order valence-corrected chi connectivity index (χ1v) is 26.4. The van der Waals surface area contributed by atoms with Gasteiger partial charge in [-0.3, -0.25) is 19.2 Å². The van der Waals surface area contributed by atoms with Gasteiger partial charge in [0.1, 0.15) is 33.4 Å². The van der Waals surface area contributed by atoms with Crippen LogP contribution >= 0.6 is 47.0 Å². The van der Waals surface area contributed by atoms with Crippen LogP contribution in [0.25, 0.3) is 44.6 Å². The van der Waals surface area contributed by atoms with Gasteiger partial charge in [0.2, 0.25) is 11.8 Å². The van der Waals surface area contributed by atoms with Crippen LogP contribution < -0.4 is 22.1 Å². The van der Waals surface area contributed by atoms with E-state index in [1.807, 2.05) is 73.9 Å². The molecule has 6 N–H and O–H groups in total. The predicted molar refractivity (Wildman–Crippen MR) is 266 cm³/mol. The van der Waals surface area contributed by atoms with Gasteiger partial charge in [-0.2, -0.15) is 0 Å². The van der Waals surface area contributed by atoms with E-state index in [1.54, 1.807) is 12.5 Å². The van der Waals surface area contributed by atoms with Crippen LogP contribution in [0.3, 0.4) is 0 Å². The third-order valence-corrected chi connectivity index (χ3v) is 15.6. The Bertz CT molecular complexity index is 2270. The topological polar surface area (TPSA) is 177 Å². The molecule has 2 aliphatic rings. The zero-order valence-corrected chi connectivity index (χ0v) is 40.6. The molecule has 0 saturated carbocycles. The minimum absolute atomic E-state index is 0.0866. The highest BCUT2D eigenvalue weighted by Crippen LogP contribution is 2.40. The molecule has 12 nitrogen and oxygen atoms in total. The number of nitrogens with zero attached hydrogens (tertiary/aromatic N) is 2. The van der Waals surface area contributed by atoms with Crippen molar-refractivity contribution in [2.45, 2.75) is 110 Å². The molecule has 0 aliphatic carbocycles. The van der Waals surface area contributed by atoms with Gasteiger partial charge in [0.25, 0.3) is 11.8 Å². The van der Waals surface area contributed by atoms with E-state index in [0.717, 1.165) is 81.4 Å². The number of carbonyl (C=O) groups excluding carboxylic acids is 4. The van der Waals surface area contributed by atoms with E-state index in [-0.39, 0.29) is 46.2 Å². The average molecular weight is 945 g/mol. The Hall–Kier alpha value is -4.06. The summed E-state index contributed by atoms with van der Waals surface area (Å²) in [7, 11) is 0. The highest BCUT2D eigenvalue weighted by Gasteiger charge is 2.38. The third kappa shape index (κ3) is 10.8. The maximum Gasteiger partial charge on any atom is 0.255 e. The number of furan rings is 2. The van der Waals surface area contributed by atoms with Crippen molar-refractivity contribution in [3.8, 4) is 22.6 Å². The summed E-state index contributed by atoms with van der Waals surface area (Å²) in [5.74, 6) is 0.592. The Morgan fingerprint density at radius 3 is 1.36 bits per heavy atom. The summed E-state index contributed by atoms with van der Waals surface area (Å²) in [6.45, 7) is 9.28. The van der Waals surface area contributed by atoms with E-state index in [0.29, 0.717) is 25.9 Å². The predicted octanol–water partition coefficient (Wildman–Crippen LogP) is 8.04. The highest BCUT2D eigenvalue weighted by molar-refractivity contribution is 8.01. The quantitative estimate of drug-likeness (QED) is 0.0623. The molecule has 0 radical (unpaired) electrons. The Labute approximate surface area is 392 Å². The zero-order chi connectivity index (χ0) is 45.7. The number of likely N-dealkylation sites (tertiary alicyclic amines) is 2. The Morgan fingerprint density at radius 1 is 0.625 bits per heavy atom. The van der Waals surface area contributed by atoms with Crippen LogP contribution in [0.2, 0.25) is 0 Å². The lowest BCUT2D eigenvalue weighted by Gasteiger charge is -2.30. The zero-order valence-electron chi connectivity index (χ0n) is 37.3. The number of benzene rings is 3. The van der Waals surface area contributed by atoms with E-state index < -0.39 is 21.5 Å². The van der Waals surface area contributed by atoms with Crippen molar-refractivity contribution < 1.29 is 28.0 Å². The van der Waals surface area contributed by atoms with Crippen molar-refractivity contribution in [3.63, 3.8) is 0 Å². The molecule has 3 aromatic carbocycles. The molecule has 16 heteroatoms. The number of para-hydroxylation sites is 2. The Balaban J connectivity index is 1.16. The molecule has 0 bridgehead atoms. The summed E-state index contributed by atoms with van der Waals surface area (Å²) in [5.41, 5.74) is 17.5. The van der Waals surface area contributed by atoms with Crippen LogP contribution in [0.5, 0.6) is 0 Å². The fourth-order valence-electron chi connectivity index (χ4n) is 8.78. The molecular weight excluding hydrogens is 885 g/mol. The number of fused-ring (bicyclic) bond motifs is 2. The molecule has 4 heterocycles. The van der Waals surface area contributed by atoms with Gasteiger partial charge in [0, 0.05) is 68.7 Å². The molecule has 2 saturated heterocycles. The largest absolute Gasteiger partial charge is 0.456 e. The van der Waals surface area contributed by atoms with Crippen molar-refractivity contribution in [1.29, 1.82) is 0 Å². The number of amides is 4. The maximum atomic E-state index is 14.2. The Kier molecular flexibility index (Phi) is 16.1. The molecule has 0 spiro atoms. The second-order valence-corrected chi connectivity index (χ2v) is 22.2. The van der Waals surface area contributed by atoms with Crippen LogP contribution in [0, 0.1) is 0 Å². The molecule has 2 fully saturated rings. The van der Waals surface area contributed by atoms with Crippen LogP contribution in [-0.4, -0.2) is 103 Å². The fourth-order valence-corrected chi connectivity index (χ4v) is 11.3. The standard InChI is InChI=1S/C48H60N6O6S4/c1-27(2)63-45(51-43(55)41(49)61-5)47(57)53-23-11-13-31(53)25-35-33-15-7-9-17-37(33)59-39(35)29-19-21-30(22-20-29)40-36(34-16-8-10-18-38(34)60-40)26-32-14-12-24-54(32)48(58)46(64-28(3)4)52-44(56)42(50)62-6/h7-10,15-22,27-28,31-32,41-42,45-46H,11-14,23-26,49-50H2,1-6H3,(H,51,55)(H,52,56)/t31?,32?,41?,42?,45-,46-/m0/s1. The molecule has 5 aromatic rings. The van der Waals surface area contributed by atoms with Gasteiger partial charge in [-0.1, -0.05) is 88.4 Å². The molecule has 64 heavy (non-hydrogen) atoms. The normalized spacial score (nSPS) is 18.5. The van der Waals surface area contributed by atoms with Crippen molar-refractivity contribution in [1.82, 2.24) is 20.4 Å². The number of rotatable bonds is 18. The number of hydrogen-bond donors (Lipinski definition) is 4. The average Bonchev–Trinajstić information content (AvgIpc) is 4.11. The van der Waals surface area contributed by atoms with Crippen LogP contribution in [0.4, 0.5) is 0 Å². The summed E-state index contributed by atoms with van der Waals surface area (Å²) in [6, 6.07) is 24.1. The number of nitrogens with one attached hydrogen (secondary N) is 2. The molecule has 7 rings (SSSR count). The summed E-state index contributed by atoms with van der Waals surface area (Å²) < 4.78 is 13.3. The first kappa shape index (κ1) is 47.9. The van der Waals surface area contributed by atoms with Gasteiger partial charge in [0.15, 0.2) is 10.7 Å². The summed E-state index contributed by atoms with van der Waals surface area (Å²) in [6.07, 6.45) is 8.12. The van der Waals surface area contributed by atoms with Crippen LogP contribution in [-0.2, 0) is 32.0 Å². The van der Waals surface area contributed by atoms with Gasteiger partial charge >= 0.3 is 0 Å². The van der Waals surface area contributed by atoms with Crippen molar-refractivity contribution >= 4 is 92.6 Å². The first-order valence-electron chi connectivity index (χ1n) is 22.0. The number of nitrogens with two attached hydrogens (primary N) is 2.